The summed E-state index contributed by atoms with van der Waals surface area (Å²) in [5, 5.41) is 3.34. The van der Waals surface area contributed by atoms with Gasteiger partial charge in [-0.15, -0.1) is 0 Å². The maximum Gasteiger partial charge on any atom is 0.389 e. The Hall–Kier alpha value is -0.290. The average molecular weight is 293 g/mol. The molecule has 1 saturated carbocycles. The molecule has 0 aromatic rings. The van der Waals surface area contributed by atoms with Crippen LogP contribution in [-0.4, -0.2) is 31.0 Å². The SMILES string of the molecule is CCCNC(CCC(F)(F)F)C1CCOC2(CCC2)C1. The molecule has 0 radical (unpaired) electrons. The number of ether oxygens (including phenoxy) is 1. The maximum atomic E-state index is 12.5. The van der Waals surface area contributed by atoms with Crippen molar-refractivity contribution in [3.05, 3.63) is 0 Å². The number of halogens is 3. The summed E-state index contributed by atoms with van der Waals surface area (Å²) in [5.41, 5.74) is 0.00724. The monoisotopic (exact) mass is 293 g/mol. The first-order chi connectivity index (χ1) is 9.44. The van der Waals surface area contributed by atoms with Crippen LogP contribution in [0.4, 0.5) is 13.2 Å². The molecule has 0 aromatic heterocycles. The molecular weight excluding hydrogens is 267 g/mol. The minimum atomic E-state index is -4.05. The first-order valence-electron chi connectivity index (χ1n) is 7.88. The fourth-order valence-corrected chi connectivity index (χ4v) is 3.48. The topological polar surface area (TPSA) is 21.3 Å². The standard InChI is InChI=1S/C15H26F3NO/c1-2-9-19-13(4-8-15(16,17)18)12-5-10-20-14(11-12)6-3-7-14/h12-13,19H,2-11H2,1H3. The van der Waals surface area contributed by atoms with E-state index in [0.717, 1.165) is 38.6 Å². The second kappa shape index (κ2) is 6.65. The molecule has 1 aliphatic heterocycles. The quantitative estimate of drug-likeness (QED) is 0.798. The van der Waals surface area contributed by atoms with E-state index >= 15 is 0 Å². The molecule has 2 fully saturated rings. The van der Waals surface area contributed by atoms with Gasteiger partial charge in [-0.1, -0.05) is 6.92 Å². The van der Waals surface area contributed by atoms with Gasteiger partial charge >= 0.3 is 6.18 Å². The van der Waals surface area contributed by atoms with E-state index in [2.05, 4.69) is 5.32 Å². The summed E-state index contributed by atoms with van der Waals surface area (Å²) in [6, 6.07) is -0.0158. The van der Waals surface area contributed by atoms with Gasteiger partial charge in [-0.25, -0.2) is 0 Å². The molecule has 0 bridgehead atoms. The van der Waals surface area contributed by atoms with Crippen molar-refractivity contribution in [3.63, 3.8) is 0 Å². The van der Waals surface area contributed by atoms with Crippen molar-refractivity contribution in [2.75, 3.05) is 13.2 Å². The van der Waals surface area contributed by atoms with Crippen LogP contribution in [0.5, 0.6) is 0 Å². The lowest BCUT2D eigenvalue weighted by molar-refractivity contribution is -0.153. The van der Waals surface area contributed by atoms with Crippen LogP contribution in [0, 0.1) is 5.92 Å². The Morgan fingerprint density at radius 3 is 2.65 bits per heavy atom. The summed E-state index contributed by atoms with van der Waals surface area (Å²) in [7, 11) is 0. The molecule has 2 nitrogen and oxygen atoms in total. The predicted molar refractivity (Wildman–Crippen MR) is 72.6 cm³/mol. The highest BCUT2D eigenvalue weighted by Crippen LogP contribution is 2.45. The Morgan fingerprint density at radius 1 is 1.35 bits per heavy atom. The molecule has 2 aliphatic rings. The molecule has 1 N–H and O–H groups in total. The lowest BCUT2D eigenvalue weighted by atomic mass is 9.70. The zero-order chi connectivity index (χ0) is 14.6. The minimum absolute atomic E-state index is 0.00724. The summed E-state index contributed by atoms with van der Waals surface area (Å²) < 4.78 is 43.3. The van der Waals surface area contributed by atoms with E-state index in [1.807, 2.05) is 6.92 Å². The number of alkyl halides is 3. The fourth-order valence-electron chi connectivity index (χ4n) is 3.48. The van der Waals surface area contributed by atoms with E-state index in [0.29, 0.717) is 12.5 Å². The van der Waals surface area contributed by atoms with Gasteiger partial charge in [0.15, 0.2) is 0 Å². The van der Waals surface area contributed by atoms with Crippen LogP contribution in [0.1, 0.15) is 58.3 Å². The van der Waals surface area contributed by atoms with E-state index in [-0.39, 0.29) is 18.1 Å². The van der Waals surface area contributed by atoms with Crippen molar-refractivity contribution in [1.82, 2.24) is 5.32 Å². The molecule has 118 valence electrons. The smallest absolute Gasteiger partial charge is 0.375 e. The van der Waals surface area contributed by atoms with Gasteiger partial charge in [0.1, 0.15) is 0 Å². The highest BCUT2D eigenvalue weighted by molar-refractivity contribution is 4.96. The molecule has 1 aliphatic carbocycles. The first-order valence-corrected chi connectivity index (χ1v) is 7.88. The fraction of sp³-hybridized carbons (Fsp3) is 1.00. The number of rotatable bonds is 6. The summed E-state index contributed by atoms with van der Waals surface area (Å²) in [6.07, 6.45) is 1.62. The van der Waals surface area contributed by atoms with Crippen molar-refractivity contribution in [3.8, 4) is 0 Å². The van der Waals surface area contributed by atoms with E-state index in [1.54, 1.807) is 0 Å². The molecular formula is C15H26F3NO. The Morgan fingerprint density at radius 2 is 2.10 bits per heavy atom. The second-order valence-electron chi connectivity index (χ2n) is 6.35. The van der Waals surface area contributed by atoms with Crippen LogP contribution < -0.4 is 5.32 Å². The zero-order valence-corrected chi connectivity index (χ0v) is 12.3. The van der Waals surface area contributed by atoms with Gasteiger partial charge in [-0.2, -0.15) is 13.2 Å². The van der Waals surface area contributed by atoms with Crippen LogP contribution in [0.25, 0.3) is 0 Å². The van der Waals surface area contributed by atoms with E-state index in [4.69, 9.17) is 4.74 Å². The van der Waals surface area contributed by atoms with Crippen molar-refractivity contribution in [2.45, 2.75) is 76.1 Å². The normalized spacial score (nSPS) is 27.3. The summed E-state index contributed by atoms with van der Waals surface area (Å²) in [6.45, 7) is 3.55. The van der Waals surface area contributed by atoms with Crippen LogP contribution >= 0.6 is 0 Å². The highest BCUT2D eigenvalue weighted by Gasteiger charge is 2.44. The van der Waals surface area contributed by atoms with E-state index in [1.165, 1.54) is 6.42 Å². The van der Waals surface area contributed by atoms with Gasteiger partial charge in [0.05, 0.1) is 5.60 Å². The lowest BCUT2D eigenvalue weighted by Crippen LogP contribution is -2.50. The largest absolute Gasteiger partial charge is 0.389 e. The highest BCUT2D eigenvalue weighted by atomic mass is 19.4. The zero-order valence-electron chi connectivity index (χ0n) is 12.3. The molecule has 0 aromatic carbocycles. The van der Waals surface area contributed by atoms with Crippen molar-refractivity contribution in [2.24, 2.45) is 5.92 Å². The predicted octanol–water partition coefficient (Wildman–Crippen LogP) is 4.05. The molecule has 0 amide bonds. The first kappa shape index (κ1) is 16.1. The number of hydrogen-bond acceptors (Lipinski definition) is 2. The van der Waals surface area contributed by atoms with Gasteiger partial charge < -0.3 is 10.1 Å². The van der Waals surface area contributed by atoms with Crippen molar-refractivity contribution in [1.29, 1.82) is 0 Å². The van der Waals surface area contributed by atoms with Crippen LogP contribution in [-0.2, 0) is 4.74 Å². The molecule has 1 spiro atoms. The average Bonchev–Trinajstić information content (AvgIpc) is 2.36. The van der Waals surface area contributed by atoms with Gasteiger partial charge in [-0.3, -0.25) is 0 Å². The molecule has 20 heavy (non-hydrogen) atoms. The summed E-state index contributed by atoms with van der Waals surface area (Å²) >= 11 is 0. The molecule has 2 atom stereocenters. The Kier molecular flexibility index (Phi) is 5.35. The van der Waals surface area contributed by atoms with Crippen LogP contribution in [0.15, 0.2) is 0 Å². The molecule has 2 rings (SSSR count). The summed E-state index contributed by atoms with van der Waals surface area (Å²) in [4.78, 5) is 0. The Balaban J connectivity index is 1.90. The van der Waals surface area contributed by atoms with E-state index < -0.39 is 12.6 Å². The van der Waals surface area contributed by atoms with Crippen LogP contribution in [0.2, 0.25) is 0 Å². The van der Waals surface area contributed by atoms with Crippen molar-refractivity contribution < 1.29 is 17.9 Å². The molecule has 1 saturated heterocycles. The van der Waals surface area contributed by atoms with E-state index in [9.17, 15) is 13.2 Å². The van der Waals surface area contributed by atoms with Gasteiger partial charge in [0.25, 0.3) is 0 Å². The second-order valence-corrected chi connectivity index (χ2v) is 6.35. The van der Waals surface area contributed by atoms with Crippen LogP contribution in [0.3, 0.4) is 0 Å². The third-order valence-electron chi connectivity index (χ3n) is 4.76. The van der Waals surface area contributed by atoms with Gasteiger partial charge in [-0.05, 0) is 57.4 Å². The number of nitrogens with one attached hydrogen (secondary N) is 1. The van der Waals surface area contributed by atoms with Crippen molar-refractivity contribution >= 4 is 0 Å². The Bertz CT molecular complexity index is 302. The third-order valence-corrected chi connectivity index (χ3v) is 4.76. The maximum absolute atomic E-state index is 12.5. The lowest BCUT2D eigenvalue weighted by Gasteiger charge is -2.49. The number of hydrogen-bond donors (Lipinski definition) is 1. The molecule has 2 unspecified atom stereocenters. The molecule has 1 heterocycles. The summed E-state index contributed by atoms with van der Waals surface area (Å²) in [5.74, 6) is 0.331. The Labute approximate surface area is 119 Å². The van der Waals surface area contributed by atoms with Gasteiger partial charge in [0.2, 0.25) is 0 Å². The van der Waals surface area contributed by atoms with Gasteiger partial charge in [0, 0.05) is 19.1 Å². The minimum Gasteiger partial charge on any atom is -0.375 e. The molecule has 5 heteroatoms. The third kappa shape index (κ3) is 4.35.